The van der Waals surface area contributed by atoms with E-state index < -0.39 is 17.4 Å². The Hall–Kier alpha value is -1.10. The summed E-state index contributed by atoms with van der Waals surface area (Å²) in [6, 6.07) is 0. The summed E-state index contributed by atoms with van der Waals surface area (Å²) in [4.78, 5) is 21.6. The highest BCUT2D eigenvalue weighted by atomic mass is 79.9. The van der Waals surface area contributed by atoms with Gasteiger partial charge < -0.3 is 10.2 Å². The normalized spacial score (nSPS) is 26.4. The van der Waals surface area contributed by atoms with Crippen LogP contribution < -0.4 is 0 Å². The molecular weight excluding hydrogens is 252 g/mol. The summed E-state index contributed by atoms with van der Waals surface area (Å²) in [5, 5.41) is 17.7. The molecule has 0 radical (unpaired) electrons. The zero-order valence-electron chi connectivity index (χ0n) is 7.45. The van der Waals surface area contributed by atoms with E-state index in [9.17, 15) is 9.59 Å². The SMILES string of the molecule is CC1(C(=O)O)CC(C(=O)O)=CC=C1Br. The zero-order valence-corrected chi connectivity index (χ0v) is 9.04. The molecule has 0 heterocycles. The molecule has 1 atom stereocenters. The van der Waals surface area contributed by atoms with Gasteiger partial charge in [-0.2, -0.15) is 0 Å². The smallest absolute Gasteiger partial charge is 0.331 e. The number of hydrogen-bond donors (Lipinski definition) is 2. The molecule has 0 amide bonds. The molecule has 0 aromatic rings. The van der Waals surface area contributed by atoms with E-state index in [0.29, 0.717) is 4.48 Å². The van der Waals surface area contributed by atoms with Crippen LogP contribution in [0, 0.1) is 5.41 Å². The minimum atomic E-state index is -1.16. The van der Waals surface area contributed by atoms with Gasteiger partial charge in [0.2, 0.25) is 0 Å². The first kappa shape index (κ1) is 11.0. The van der Waals surface area contributed by atoms with Gasteiger partial charge in [-0.05, 0) is 13.3 Å². The van der Waals surface area contributed by atoms with Crippen molar-refractivity contribution in [2.75, 3.05) is 0 Å². The lowest BCUT2D eigenvalue weighted by atomic mass is 9.80. The average Bonchev–Trinajstić information content (AvgIpc) is 2.09. The Morgan fingerprint density at radius 1 is 1.43 bits per heavy atom. The van der Waals surface area contributed by atoms with Crippen molar-refractivity contribution in [2.24, 2.45) is 5.41 Å². The Morgan fingerprint density at radius 3 is 2.43 bits per heavy atom. The molecule has 1 aliphatic carbocycles. The van der Waals surface area contributed by atoms with Gasteiger partial charge in [0.05, 0.1) is 0 Å². The van der Waals surface area contributed by atoms with E-state index in [1.165, 1.54) is 19.1 Å². The van der Waals surface area contributed by atoms with E-state index in [1.54, 1.807) is 0 Å². The molecule has 0 aliphatic heterocycles. The summed E-state index contributed by atoms with van der Waals surface area (Å²) in [7, 11) is 0. The second kappa shape index (κ2) is 3.57. The number of halogens is 1. The van der Waals surface area contributed by atoms with Crippen molar-refractivity contribution in [3.8, 4) is 0 Å². The Balaban J connectivity index is 3.09. The maximum atomic E-state index is 11.0. The fourth-order valence-corrected chi connectivity index (χ4v) is 1.65. The van der Waals surface area contributed by atoms with Gasteiger partial charge in [-0.1, -0.05) is 28.1 Å². The summed E-state index contributed by atoms with van der Waals surface area (Å²) in [6.45, 7) is 1.49. The van der Waals surface area contributed by atoms with Gasteiger partial charge in [-0.25, -0.2) is 4.79 Å². The van der Waals surface area contributed by atoms with Crippen LogP contribution in [0.3, 0.4) is 0 Å². The van der Waals surface area contributed by atoms with E-state index in [1.807, 2.05) is 0 Å². The number of allylic oxidation sites excluding steroid dienone is 2. The van der Waals surface area contributed by atoms with Crippen molar-refractivity contribution in [3.63, 3.8) is 0 Å². The lowest BCUT2D eigenvalue weighted by Gasteiger charge is -2.27. The fourth-order valence-electron chi connectivity index (χ4n) is 1.21. The van der Waals surface area contributed by atoms with E-state index in [4.69, 9.17) is 10.2 Å². The summed E-state index contributed by atoms with van der Waals surface area (Å²) < 4.78 is 0.488. The molecule has 14 heavy (non-hydrogen) atoms. The first-order chi connectivity index (χ1) is 6.38. The van der Waals surface area contributed by atoms with Crippen molar-refractivity contribution in [1.29, 1.82) is 0 Å². The van der Waals surface area contributed by atoms with E-state index in [-0.39, 0.29) is 12.0 Å². The molecule has 0 saturated carbocycles. The average molecular weight is 261 g/mol. The molecule has 5 heteroatoms. The maximum Gasteiger partial charge on any atom is 0.331 e. The van der Waals surface area contributed by atoms with Gasteiger partial charge in [0.15, 0.2) is 0 Å². The third-order valence-electron chi connectivity index (χ3n) is 2.25. The molecule has 1 unspecified atom stereocenters. The van der Waals surface area contributed by atoms with E-state index >= 15 is 0 Å². The number of aliphatic carboxylic acids is 2. The molecule has 76 valence electrons. The lowest BCUT2D eigenvalue weighted by Crippen LogP contribution is -2.31. The van der Waals surface area contributed by atoms with Gasteiger partial charge in [-0.15, -0.1) is 0 Å². The quantitative estimate of drug-likeness (QED) is 0.794. The molecular formula is C9H9BrO4. The minimum Gasteiger partial charge on any atom is -0.481 e. The number of hydrogen-bond acceptors (Lipinski definition) is 2. The van der Waals surface area contributed by atoms with Crippen LogP contribution >= 0.6 is 15.9 Å². The first-order valence-electron chi connectivity index (χ1n) is 3.91. The second-order valence-corrected chi connectivity index (χ2v) is 4.18. The van der Waals surface area contributed by atoms with E-state index in [2.05, 4.69) is 15.9 Å². The van der Waals surface area contributed by atoms with Crippen LogP contribution in [0.4, 0.5) is 0 Å². The van der Waals surface area contributed by atoms with Crippen molar-refractivity contribution in [1.82, 2.24) is 0 Å². The Bertz CT molecular complexity index is 356. The van der Waals surface area contributed by atoms with Gasteiger partial charge in [0.1, 0.15) is 5.41 Å². The third kappa shape index (κ3) is 1.72. The summed E-state index contributed by atoms with van der Waals surface area (Å²) in [6.07, 6.45) is 2.88. The van der Waals surface area contributed by atoms with Crippen LogP contribution in [0.2, 0.25) is 0 Å². The molecule has 0 aromatic heterocycles. The highest BCUT2D eigenvalue weighted by Gasteiger charge is 2.39. The van der Waals surface area contributed by atoms with Gasteiger partial charge in [0.25, 0.3) is 0 Å². The highest BCUT2D eigenvalue weighted by Crippen LogP contribution is 2.40. The predicted octanol–water partition coefficient (Wildman–Crippen LogP) is 1.77. The van der Waals surface area contributed by atoms with Crippen LogP contribution in [0.1, 0.15) is 13.3 Å². The number of carbonyl (C=O) groups is 2. The van der Waals surface area contributed by atoms with Crippen molar-refractivity contribution in [2.45, 2.75) is 13.3 Å². The number of carboxylic acids is 2. The minimum absolute atomic E-state index is 0.00521. The molecule has 4 nitrogen and oxygen atoms in total. The van der Waals surface area contributed by atoms with Gasteiger partial charge in [0, 0.05) is 10.1 Å². The molecule has 1 aliphatic rings. The van der Waals surface area contributed by atoms with Gasteiger partial charge >= 0.3 is 11.9 Å². The monoisotopic (exact) mass is 260 g/mol. The number of rotatable bonds is 2. The van der Waals surface area contributed by atoms with Gasteiger partial charge in [-0.3, -0.25) is 4.79 Å². The van der Waals surface area contributed by atoms with Crippen LogP contribution in [-0.4, -0.2) is 22.2 Å². The first-order valence-corrected chi connectivity index (χ1v) is 4.71. The van der Waals surface area contributed by atoms with Crippen molar-refractivity contribution >= 4 is 27.9 Å². The van der Waals surface area contributed by atoms with E-state index in [0.717, 1.165) is 0 Å². The van der Waals surface area contributed by atoms with Crippen molar-refractivity contribution in [3.05, 3.63) is 22.2 Å². The molecule has 0 aromatic carbocycles. The Morgan fingerprint density at radius 2 is 2.00 bits per heavy atom. The van der Waals surface area contributed by atoms with Crippen LogP contribution in [0.5, 0.6) is 0 Å². The molecule has 0 spiro atoms. The topological polar surface area (TPSA) is 74.6 Å². The largest absolute Gasteiger partial charge is 0.481 e. The lowest BCUT2D eigenvalue weighted by molar-refractivity contribution is -0.145. The third-order valence-corrected chi connectivity index (χ3v) is 3.39. The summed E-state index contributed by atoms with van der Waals surface area (Å²) in [5.74, 6) is -2.11. The van der Waals surface area contributed by atoms with Crippen LogP contribution in [0.25, 0.3) is 0 Å². The second-order valence-electron chi connectivity index (χ2n) is 3.33. The number of carboxylic acid groups (broad SMARTS) is 2. The van der Waals surface area contributed by atoms with Crippen molar-refractivity contribution < 1.29 is 19.8 Å². The molecule has 0 fully saturated rings. The maximum absolute atomic E-state index is 11.0. The predicted molar refractivity (Wildman–Crippen MR) is 53.1 cm³/mol. The highest BCUT2D eigenvalue weighted by molar-refractivity contribution is 9.11. The molecule has 2 N–H and O–H groups in total. The molecule has 0 bridgehead atoms. The Kier molecular flexibility index (Phi) is 2.80. The summed E-state index contributed by atoms with van der Waals surface area (Å²) in [5.41, 5.74) is -1.05. The van der Waals surface area contributed by atoms with Crippen LogP contribution in [-0.2, 0) is 9.59 Å². The zero-order chi connectivity index (χ0) is 10.9. The van der Waals surface area contributed by atoms with Crippen LogP contribution in [0.15, 0.2) is 22.2 Å². The Labute approximate surface area is 89.1 Å². The fraction of sp³-hybridized carbons (Fsp3) is 0.333. The molecule has 0 saturated heterocycles. The summed E-state index contributed by atoms with van der Waals surface area (Å²) >= 11 is 3.13. The standard InChI is InChI=1S/C9H9BrO4/c1-9(8(13)14)4-5(7(11)12)2-3-6(9)10/h2-3H,4H2,1H3,(H,11,12)(H,13,14). The molecule has 1 rings (SSSR count).